The molecule has 1 atom stereocenters. The lowest BCUT2D eigenvalue weighted by Crippen LogP contribution is -2.48. The molecule has 1 aromatic heterocycles. The van der Waals surface area contributed by atoms with Gasteiger partial charge in [-0.15, -0.1) is 11.3 Å². The average molecular weight is 421 g/mol. The maximum Gasteiger partial charge on any atom is 0.228 e. The fourth-order valence-corrected chi connectivity index (χ4v) is 5.64. The van der Waals surface area contributed by atoms with Gasteiger partial charge in [0, 0.05) is 51.4 Å². The van der Waals surface area contributed by atoms with Crippen LogP contribution in [0.1, 0.15) is 30.0 Å². The molecular formula is C24H28N4OS. The average Bonchev–Trinajstić information content (AvgIpc) is 3.42. The monoisotopic (exact) mass is 420 g/mol. The van der Waals surface area contributed by atoms with E-state index in [0.29, 0.717) is 12.5 Å². The number of piperazine rings is 1. The van der Waals surface area contributed by atoms with Gasteiger partial charge >= 0.3 is 0 Å². The fourth-order valence-electron chi connectivity index (χ4n) is 4.59. The lowest BCUT2D eigenvalue weighted by molar-refractivity contribution is -0.119. The molecule has 1 saturated heterocycles. The topological polar surface area (TPSA) is 39.7 Å². The van der Waals surface area contributed by atoms with Crippen LogP contribution in [0.2, 0.25) is 0 Å². The summed E-state index contributed by atoms with van der Waals surface area (Å²) < 4.78 is 1.26. The van der Waals surface area contributed by atoms with Crippen LogP contribution < -0.4 is 4.90 Å². The second kappa shape index (κ2) is 8.46. The molecule has 0 saturated carbocycles. The molecule has 0 radical (unpaired) electrons. The van der Waals surface area contributed by atoms with Gasteiger partial charge in [-0.05, 0) is 37.1 Å². The number of nitrogens with zero attached hydrogens (tertiary/aromatic N) is 4. The van der Waals surface area contributed by atoms with Gasteiger partial charge in [0.2, 0.25) is 5.91 Å². The van der Waals surface area contributed by atoms with Crippen LogP contribution in [-0.2, 0) is 11.2 Å². The molecule has 1 fully saturated rings. The van der Waals surface area contributed by atoms with Crippen LogP contribution in [0.4, 0.5) is 5.69 Å². The van der Waals surface area contributed by atoms with Crippen molar-refractivity contribution in [1.29, 1.82) is 0 Å². The lowest BCUT2D eigenvalue weighted by atomic mass is 10.2. The zero-order valence-electron chi connectivity index (χ0n) is 17.5. The normalized spacial score (nSPS) is 18.6. The van der Waals surface area contributed by atoms with Crippen molar-refractivity contribution < 1.29 is 4.79 Å². The van der Waals surface area contributed by atoms with E-state index in [0.717, 1.165) is 56.9 Å². The van der Waals surface area contributed by atoms with E-state index in [-0.39, 0.29) is 5.91 Å². The minimum Gasteiger partial charge on any atom is -0.312 e. The maximum absolute atomic E-state index is 12.8. The van der Waals surface area contributed by atoms with Crippen LogP contribution in [0.5, 0.6) is 0 Å². The van der Waals surface area contributed by atoms with Crippen molar-refractivity contribution in [2.45, 2.75) is 25.8 Å². The van der Waals surface area contributed by atoms with E-state index >= 15 is 0 Å². The van der Waals surface area contributed by atoms with Crippen molar-refractivity contribution in [2.24, 2.45) is 0 Å². The summed E-state index contributed by atoms with van der Waals surface area (Å²) in [5.41, 5.74) is 3.50. The molecule has 5 rings (SSSR count). The number of rotatable bonds is 5. The number of hydrogen-bond donors (Lipinski definition) is 0. The Balaban J connectivity index is 1.12. The summed E-state index contributed by atoms with van der Waals surface area (Å²) >= 11 is 1.81. The number of fused-ring (bicyclic) bond motifs is 2. The predicted octanol–water partition coefficient (Wildman–Crippen LogP) is 3.95. The minimum atomic E-state index is 0.255. The number of amides is 1. The van der Waals surface area contributed by atoms with Crippen molar-refractivity contribution in [3.8, 4) is 0 Å². The standard InChI is InChI=1S/C24H28N4OS/c1-18(24-25-20-7-3-5-9-22(20)30-24)27-16-14-26(15-17-27)12-11-23(29)28-13-10-19-6-2-4-8-21(19)28/h2-9,18H,10-17H2,1H3/t18-/m1/s1. The molecule has 156 valence electrons. The van der Waals surface area contributed by atoms with E-state index in [2.05, 4.69) is 59.2 Å². The molecule has 3 heterocycles. The van der Waals surface area contributed by atoms with Crippen LogP contribution in [0.25, 0.3) is 10.2 Å². The molecule has 0 unspecified atom stereocenters. The maximum atomic E-state index is 12.8. The van der Waals surface area contributed by atoms with E-state index in [4.69, 9.17) is 4.98 Å². The smallest absolute Gasteiger partial charge is 0.228 e. The third-order valence-electron chi connectivity index (χ3n) is 6.45. The molecule has 0 aliphatic carbocycles. The summed E-state index contributed by atoms with van der Waals surface area (Å²) in [4.78, 5) is 24.5. The van der Waals surface area contributed by atoms with Gasteiger partial charge in [-0.3, -0.25) is 9.69 Å². The molecular weight excluding hydrogens is 392 g/mol. The number of hydrogen-bond acceptors (Lipinski definition) is 5. The van der Waals surface area contributed by atoms with Gasteiger partial charge < -0.3 is 9.80 Å². The van der Waals surface area contributed by atoms with Gasteiger partial charge in [-0.1, -0.05) is 30.3 Å². The quantitative estimate of drug-likeness (QED) is 0.627. The molecule has 0 bridgehead atoms. The van der Waals surface area contributed by atoms with Gasteiger partial charge in [-0.2, -0.15) is 0 Å². The van der Waals surface area contributed by atoms with Crippen LogP contribution in [-0.4, -0.2) is 60.0 Å². The van der Waals surface area contributed by atoms with E-state index in [1.807, 2.05) is 11.0 Å². The van der Waals surface area contributed by atoms with Gasteiger partial charge in [0.1, 0.15) is 5.01 Å². The van der Waals surface area contributed by atoms with Crippen molar-refractivity contribution in [1.82, 2.24) is 14.8 Å². The Morgan fingerprint density at radius 1 is 1.03 bits per heavy atom. The molecule has 2 aliphatic heterocycles. The highest BCUT2D eigenvalue weighted by Crippen LogP contribution is 2.30. The molecule has 3 aromatic rings. The van der Waals surface area contributed by atoms with Crippen molar-refractivity contribution in [3.63, 3.8) is 0 Å². The summed E-state index contributed by atoms with van der Waals surface area (Å²) in [6.45, 7) is 8.02. The summed E-state index contributed by atoms with van der Waals surface area (Å²) in [6, 6.07) is 17.0. The van der Waals surface area contributed by atoms with E-state index < -0.39 is 0 Å². The molecule has 1 amide bonds. The number of anilines is 1. The molecule has 5 nitrogen and oxygen atoms in total. The highest BCUT2D eigenvalue weighted by Gasteiger charge is 2.27. The third-order valence-corrected chi connectivity index (χ3v) is 7.66. The van der Waals surface area contributed by atoms with E-state index in [1.54, 1.807) is 11.3 Å². The predicted molar refractivity (Wildman–Crippen MR) is 123 cm³/mol. The number of carbonyl (C=O) groups is 1. The van der Waals surface area contributed by atoms with Crippen LogP contribution in [0.3, 0.4) is 0 Å². The zero-order valence-corrected chi connectivity index (χ0v) is 18.3. The Kier molecular flexibility index (Phi) is 5.54. The molecule has 0 N–H and O–H groups in total. The Morgan fingerprint density at radius 2 is 1.80 bits per heavy atom. The Hall–Kier alpha value is -2.28. The number of para-hydroxylation sites is 2. The molecule has 30 heavy (non-hydrogen) atoms. The highest BCUT2D eigenvalue weighted by atomic mass is 32.1. The summed E-state index contributed by atoms with van der Waals surface area (Å²) in [6.07, 6.45) is 1.58. The lowest BCUT2D eigenvalue weighted by Gasteiger charge is -2.37. The summed E-state index contributed by atoms with van der Waals surface area (Å²) in [5.74, 6) is 0.255. The Bertz CT molecular complexity index is 1010. The first-order chi connectivity index (χ1) is 14.7. The first-order valence-corrected chi connectivity index (χ1v) is 11.7. The second-order valence-electron chi connectivity index (χ2n) is 8.25. The van der Waals surface area contributed by atoms with Crippen LogP contribution in [0.15, 0.2) is 48.5 Å². The number of benzene rings is 2. The van der Waals surface area contributed by atoms with Crippen molar-refractivity contribution in [3.05, 3.63) is 59.1 Å². The number of aromatic nitrogens is 1. The Morgan fingerprint density at radius 3 is 2.63 bits per heavy atom. The van der Waals surface area contributed by atoms with Gasteiger partial charge in [-0.25, -0.2) is 4.98 Å². The molecule has 0 spiro atoms. The summed E-state index contributed by atoms with van der Waals surface area (Å²) in [7, 11) is 0. The second-order valence-corrected chi connectivity index (χ2v) is 9.31. The summed E-state index contributed by atoms with van der Waals surface area (Å²) in [5, 5.41) is 1.20. The van der Waals surface area contributed by atoms with E-state index in [1.165, 1.54) is 15.3 Å². The van der Waals surface area contributed by atoms with Gasteiger partial charge in [0.25, 0.3) is 0 Å². The van der Waals surface area contributed by atoms with Gasteiger partial charge in [0.15, 0.2) is 0 Å². The van der Waals surface area contributed by atoms with Crippen molar-refractivity contribution >= 4 is 33.1 Å². The third kappa shape index (κ3) is 3.87. The number of carbonyl (C=O) groups excluding carboxylic acids is 1. The van der Waals surface area contributed by atoms with Crippen LogP contribution >= 0.6 is 11.3 Å². The first kappa shape index (κ1) is 19.7. The SMILES string of the molecule is C[C@H](c1nc2ccccc2s1)N1CCN(CCC(=O)N2CCc3ccccc32)CC1. The highest BCUT2D eigenvalue weighted by molar-refractivity contribution is 7.18. The van der Waals surface area contributed by atoms with Crippen molar-refractivity contribution in [2.75, 3.05) is 44.2 Å². The molecule has 2 aliphatic rings. The van der Waals surface area contributed by atoms with E-state index in [9.17, 15) is 4.79 Å². The molecule has 6 heteroatoms. The fraction of sp³-hybridized carbons (Fsp3) is 0.417. The molecule has 2 aromatic carbocycles. The first-order valence-electron chi connectivity index (χ1n) is 10.9. The van der Waals surface area contributed by atoms with Crippen LogP contribution in [0, 0.1) is 0 Å². The zero-order chi connectivity index (χ0) is 20.5. The Labute approximate surface area is 181 Å². The minimum absolute atomic E-state index is 0.255. The number of thiazole rings is 1. The van der Waals surface area contributed by atoms with Gasteiger partial charge in [0.05, 0.1) is 16.3 Å². The largest absolute Gasteiger partial charge is 0.312 e.